The third kappa shape index (κ3) is 4.80. The quantitative estimate of drug-likeness (QED) is 0.533. The molecule has 0 bridgehead atoms. The monoisotopic (exact) mass is 338 g/mol. The van der Waals surface area contributed by atoms with Crippen molar-refractivity contribution in [1.29, 1.82) is 0 Å². The average Bonchev–Trinajstić information content (AvgIpc) is 3.15. The highest BCUT2D eigenvalue weighted by Crippen LogP contribution is 2.29. The highest BCUT2D eigenvalue weighted by Gasteiger charge is 2.20. The smallest absolute Gasteiger partial charge is 0.144 e. The fourth-order valence-electron chi connectivity index (χ4n) is 2.82. The van der Waals surface area contributed by atoms with Gasteiger partial charge in [0.1, 0.15) is 11.9 Å². The molecule has 2 aromatic rings. The van der Waals surface area contributed by atoms with Gasteiger partial charge in [-0.2, -0.15) is 0 Å². The van der Waals surface area contributed by atoms with Gasteiger partial charge in [-0.1, -0.05) is 49.1 Å². The molecule has 2 aromatic carbocycles. The Morgan fingerprint density at radius 2 is 1.71 bits per heavy atom. The molecule has 0 saturated heterocycles. The molecule has 1 aliphatic rings. The predicted octanol–water partition coefficient (Wildman–Crippen LogP) is 5.45. The van der Waals surface area contributed by atoms with Gasteiger partial charge in [0.15, 0.2) is 0 Å². The molecule has 0 spiro atoms. The molecule has 0 radical (unpaired) electrons. The number of benzene rings is 2. The summed E-state index contributed by atoms with van der Waals surface area (Å²) in [5.74, 6) is 4.15. The van der Waals surface area contributed by atoms with Crippen molar-refractivity contribution in [1.82, 2.24) is 0 Å². The minimum Gasteiger partial charge on any atom is -0.497 e. The summed E-state index contributed by atoms with van der Waals surface area (Å²) in [4.78, 5) is 1.15. The van der Waals surface area contributed by atoms with E-state index in [-0.39, 0.29) is 6.10 Å². The first-order chi connectivity index (χ1) is 11.8. The molecule has 0 aliphatic heterocycles. The molecule has 24 heavy (non-hydrogen) atoms. The van der Waals surface area contributed by atoms with Crippen LogP contribution in [0.25, 0.3) is 0 Å². The number of thioether (sulfide) groups is 1. The summed E-state index contributed by atoms with van der Waals surface area (Å²) in [6, 6.07) is 18.2. The van der Waals surface area contributed by atoms with Gasteiger partial charge in [0.05, 0.1) is 13.2 Å². The van der Waals surface area contributed by atoms with E-state index in [2.05, 4.69) is 23.3 Å². The molecule has 1 atom stereocenters. The summed E-state index contributed by atoms with van der Waals surface area (Å²) in [5, 5.41) is 3.21. The average molecular weight is 338 g/mol. The maximum Gasteiger partial charge on any atom is 0.144 e. The van der Waals surface area contributed by atoms with Crippen LogP contribution in [0.2, 0.25) is 0 Å². The lowest BCUT2D eigenvalue weighted by molar-refractivity contribution is 0.0220. The molecular weight excluding hydrogens is 316 g/mol. The summed E-state index contributed by atoms with van der Waals surface area (Å²) in [6.45, 7) is 0. The topological polar surface area (TPSA) is 18.5 Å². The molecule has 0 N–H and O–H groups in total. The highest BCUT2D eigenvalue weighted by molar-refractivity contribution is 8.03. The third-order valence-corrected chi connectivity index (χ3v) is 4.88. The van der Waals surface area contributed by atoms with Crippen LogP contribution in [0.15, 0.2) is 59.5 Å². The lowest BCUT2D eigenvalue weighted by atomic mass is 10.1. The van der Waals surface area contributed by atoms with E-state index in [0.717, 1.165) is 29.1 Å². The Labute approximate surface area is 148 Å². The number of methoxy groups -OCH3 is 1. The van der Waals surface area contributed by atoms with Crippen molar-refractivity contribution in [3.05, 3.63) is 60.2 Å². The van der Waals surface area contributed by atoms with Crippen LogP contribution in [-0.4, -0.2) is 13.2 Å². The zero-order valence-corrected chi connectivity index (χ0v) is 14.7. The molecule has 3 rings (SSSR count). The van der Waals surface area contributed by atoms with Crippen LogP contribution >= 0.6 is 11.8 Å². The van der Waals surface area contributed by atoms with Gasteiger partial charge in [0.25, 0.3) is 0 Å². The van der Waals surface area contributed by atoms with Gasteiger partial charge in [-0.3, -0.25) is 0 Å². The van der Waals surface area contributed by atoms with Gasteiger partial charge in [-0.25, -0.2) is 0 Å². The van der Waals surface area contributed by atoms with E-state index in [0.29, 0.717) is 6.10 Å². The molecule has 0 heterocycles. The van der Waals surface area contributed by atoms with E-state index in [1.165, 1.54) is 12.8 Å². The van der Waals surface area contributed by atoms with Crippen molar-refractivity contribution < 1.29 is 9.47 Å². The maximum atomic E-state index is 6.28. The SMILES string of the molecule is COc1ccc(C(C#CSc2ccccc2)OC2CCCC2)cc1. The van der Waals surface area contributed by atoms with E-state index in [9.17, 15) is 0 Å². The van der Waals surface area contributed by atoms with Crippen LogP contribution in [0.5, 0.6) is 5.75 Å². The fraction of sp³-hybridized carbons (Fsp3) is 0.333. The molecule has 1 aliphatic carbocycles. The minimum atomic E-state index is -0.185. The van der Waals surface area contributed by atoms with Crippen LogP contribution in [0.1, 0.15) is 37.4 Å². The molecule has 2 nitrogen and oxygen atoms in total. The number of hydrogen-bond acceptors (Lipinski definition) is 3. The van der Waals surface area contributed by atoms with Gasteiger partial charge in [0, 0.05) is 4.90 Å². The Bertz CT molecular complexity index is 679. The van der Waals surface area contributed by atoms with E-state index >= 15 is 0 Å². The summed E-state index contributed by atoms with van der Waals surface area (Å²) >= 11 is 1.54. The number of rotatable bonds is 5. The van der Waals surface area contributed by atoms with Crippen molar-refractivity contribution >= 4 is 11.8 Å². The molecule has 0 aromatic heterocycles. The number of hydrogen-bond donors (Lipinski definition) is 0. The maximum absolute atomic E-state index is 6.28. The second-order valence-corrected chi connectivity index (χ2v) is 6.74. The van der Waals surface area contributed by atoms with Gasteiger partial charge in [0.2, 0.25) is 0 Å². The van der Waals surface area contributed by atoms with Crippen molar-refractivity contribution in [2.45, 2.75) is 42.8 Å². The summed E-state index contributed by atoms with van der Waals surface area (Å²) in [6.07, 6.45) is 4.93. The van der Waals surface area contributed by atoms with Gasteiger partial charge < -0.3 is 9.47 Å². The van der Waals surface area contributed by atoms with Crippen LogP contribution in [0, 0.1) is 11.2 Å². The van der Waals surface area contributed by atoms with Crippen LogP contribution in [-0.2, 0) is 4.74 Å². The largest absolute Gasteiger partial charge is 0.497 e. The molecule has 1 unspecified atom stereocenters. The van der Waals surface area contributed by atoms with Crippen LogP contribution in [0.3, 0.4) is 0 Å². The van der Waals surface area contributed by atoms with Crippen molar-refractivity contribution in [2.75, 3.05) is 7.11 Å². The Balaban J connectivity index is 1.73. The fourth-order valence-corrected chi connectivity index (χ4v) is 3.40. The Hall–Kier alpha value is -1.89. The first kappa shape index (κ1) is 17.0. The molecule has 124 valence electrons. The Morgan fingerprint density at radius 1 is 1.00 bits per heavy atom. The van der Waals surface area contributed by atoms with E-state index in [4.69, 9.17) is 9.47 Å². The third-order valence-electron chi connectivity index (χ3n) is 4.15. The lowest BCUT2D eigenvalue weighted by Gasteiger charge is -2.18. The van der Waals surface area contributed by atoms with Gasteiger partial charge in [-0.15, -0.1) is 0 Å². The Morgan fingerprint density at radius 3 is 2.38 bits per heavy atom. The van der Waals surface area contributed by atoms with Crippen LogP contribution < -0.4 is 4.74 Å². The van der Waals surface area contributed by atoms with Crippen LogP contribution in [0.4, 0.5) is 0 Å². The van der Waals surface area contributed by atoms with Crippen molar-refractivity contribution in [3.8, 4) is 16.9 Å². The van der Waals surface area contributed by atoms with E-state index < -0.39 is 0 Å². The van der Waals surface area contributed by atoms with E-state index in [1.54, 1.807) is 18.9 Å². The van der Waals surface area contributed by atoms with Gasteiger partial charge in [-0.05, 0) is 59.7 Å². The Kier molecular flexibility index (Phi) is 6.23. The lowest BCUT2D eigenvalue weighted by Crippen LogP contribution is -2.12. The summed E-state index contributed by atoms with van der Waals surface area (Å²) < 4.78 is 11.5. The molecule has 0 amide bonds. The standard InChI is InChI=1S/C21H22O2S/c1-22-18-13-11-17(12-14-18)21(23-19-7-5-6-8-19)15-16-24-20-9-3-2-4-10-20/h2-4,9-14,19,21H,5-8H2,1H3. The summed E-state index contributed by atoms with van der Waals surface area (Å²) in [5.41, 5.74) is 1.09. The normalized spacial score (nSPS) is 15.5. The second kappa shape index (κ2) is 8.82. The summed E-state index contributed by atoms with van der Waals surface area (Å²) in [7, 11) is 1.68. The zero-order valence-electron chi connectivity index (χ0n) is 13.9. The molecule has 3 heteroatoms. The second-order valence-electron chi connectivity index (χ2n) is 5.86. The number of ether oxygens (including phenoxy) is 2. The molecular formula is C21H22O2S. The zero-order chi connectivity index (χ0) is 16.6. The molecule has 1 fully saturated rings. The van der Waals surface area contributed by atoms with E-state index in [1.807, 2.05) is 42.5 Å². The minimum absolute atomic E-state index is 0.185. The first-order valence-electron chi connectivity index (χ1n) is 8.37. The molecule has 1 saturated carbocycles. The predicted molar refractivity (Wildman–Crippen MR) is 99.2 cm³/mol. The van der Waals surface area contributed by atoms with Crippen molar-refractivity contribution in [2.24, 2.45) is 0 Å². The van der Waals surface area contributed by atoms with Gasteiger partial charge >= 0.3 is 0 Å². The highest BCUT2D eigenvalue weighted by atomic mass is 32.2. The first-order valence-corrected chi connectivity index (χ1v) is 9.18. The van der Waals surface area contributed by atoms with Crippen molar-refractivity contribution in [3.63, 3.8) is 0 Å².